The van der Waals surface area contributed by atoms with E-state index in [1.807, 2.05) is 13.8 Å². The molecule has 0 rings (SSSR count). The average molecular weight is 352 g/mol. The average Bonchev–Trinajstić information content (AvgIpc) is 2.48. The molecule has 0 saturated heterocycles. The second-order valence-corrected chi connectivity index (χ2v) is 6.59. The Labute approximate surface area is 136 Å². The van der Waals surface area contributed by atoms with Crippen LogP contribution in [0.4, 0.5) is 0 Å². The van der Waals surface area contributed by atoms with E-state index in [0.717, 1.165) is 0 Å². The summed E-state index contributed by atoms with van der Waals surface area (Å²) in [6.45, 7) is 3.63. The van der Waals surface area contributed by atoms with Crippen LogP contribution in [0.5, 0.6) is 0 Å². The number of carboxylic acid groups (broad SMARTS) is 2. The summed E-state index contributed by atoms with van der Waals surface area (Å²) in [5.41, 5.74) is -0.226. The van der Waals surface area contributed by atoms with Crippen molar-refractivity contribution in [2.45, 2.75) is 37.2 Å². The molecule has 0 aliphatic carbocycles. The van der Waals surface area contributed by atoms with Crippen molar-refractivity contribution in [3.05, 3.63) is 0 Å². The lowest BCUT2D eigenvalue weighted by Gasteiger charge is -2.17. The second-order valence-electron chi connectivity index (χ2n) is 3.91. The maximum atomic E-state index is 11.2. The molecule has 2 unspecified atom stereocenters. The minimum absolute atomic E-state index is 0.113. The zero-order valence-electron chi connectivity index (χ0n) is 12.8. The van der Waals surface area contributed by atoms with E-state index < -0.39 is 22.4 Å². The van der Waals surface area contributed by atoms with Gasteiger partial charge in [0.05, 0.1) is 10.5 Å². The molecule has 0 aliphatic heterocycles. The van der Waals surface area contributed by atoms with Crippen molar-refractivity contribution in [2.75, 3.05) is 14.2 Å². The normalized spacial score (nSPS) is 15.1. The van der Waals surface area contributed by atoms with Gasteiger partial charge in [0, 0.05) is 0 Å². The molecule has 0 aromatic heterocycles. The van der Waals surface area contributed by atoms with E-state index in [9.17, 15) is 9.59 Å². The van der Waals surface area contributed by atoms with Gasteiger partial charge in [-0.1, -0.05) is 45.7 Å². The number of carboxylic acids is 2. The van der Waals surface area contributed by atoms with Crippen LogP contribution >= 0.6 is 21.6 Å². The molecule has 0 aromatic carbocycles. The maximum Gasteiger partial charge on any atom is 0.354 e. The van der Waals surface area contributed by atoms with Gasteiger partial charge in [0.2, 0.25) is 0 Å². The summed E-state index contributed by atoms with van der Waals surface area (Å²) in [5, 5.41) is 24.5. The smallest absolute Gasteiger partial charge is 0.354 e. The summed E-state index contributed by atoms with van der Waals surface area (Å²) in [6, 6.07) is 0. The Morgan fingerprint density at radius 2 is 1.23 bits per heavy atom. The zero-order chi connectivity index (χ0) is 17.1. The third-order valence-electron chi connectivity index (χ3n) is 2.46. The van der Waals surface area contributed by atoms with Crippen molar-refractivity contribution in [1.82, 2.24) is 0 Å². The molecule has 0 aromatic rings. The van der Waals surface area contributed by atoms with E-state index >= 15 is 0 Å². The number of rotatable bonds is 11. The van der Waals surface area contributed by atoms with E-state index in [1.165, 1.54) is 35.8 Å². The van der Waals surface area contributed by atoms with Gasteiger partial charge in [0.25, 0.3) is 0 Å². The first-order valence-electron chi connectivity index (χ1n) is 6.43. The third-order valence-corrected chi connectivity index (χ3v) is 5.87. The van der Waals surface area contributed by atoms with Gasteiger partial charge < -0.3 is 19.9 Å². The van der Waals surface area contributed by atoms with Gasteiger partial charge in [-0.3, -0.25) is 0 Å². The Balaban J connectivity index is 5.04. The minimum Gasteiger partial charge on any atom is -0.477 e. The highest BCUT2D eigenvalue weighted by Gasteiger charge is 2.28. The van der Waals surface area contributed by atoms with Crippen LogP contribution in [0.2, 0.25) is 0 Å². The number of oxime groups is 2. The monoisotopic (exact) mass is 352 g/mol. The molecule has 0 saturated carbocycles. The van der Waals surface area contributed by atoms with Crippen LogP contribution in [-0.4, -0.2) is 58.3 Å². The van der Waals surface area contributed by atoms with Crippen LogP contribution in [-0.2, 0) is 19.3 Å². The summed E-state index contributed by atoms with van der Waals surface area (Å²) in [7, 11) is 5.00. The Morgan fingerprint density at radius 3 is 1.41 bits per heavy atom. The Bertz CT molecular complexity index is 401. The Morgan fingerprint density at radius 1 is 0.909 bits per heavy atom. The Hall–Kier alpha value is -1.42. The van der Waals surface area contributed by atoms with Crippen LogP contribution < -0.4 is 0 Å². The van der Waals surface area contributed by atoms with Gasteiger partial charge in [0.1, 0.15) is 14.2 Å². The highest BCUT2D eigenvalue weighted by Crippen LogP contribution is 2.35. The van der Waals surface area contributed by atoms with Gasteiger partial charge in [-0.05, 0) is 12.8 Å². The van der Waals surface area contributed by atoms with Crippen LogP contribution in [0.25, 0.3) is 0 Å². The van der Waals surface area contributed by atoms with Crippen LogP contribution in [0.15, 0.2) is 10.3 Å². The van der Waals surface area contributed by atoms with Crippen molar-refractivity contribution in [2.24, 2.45) is 10.3 Å². The van der Waals surface area contributed by atoms with Gasteiger partial charge >= 0.3 is 11.9 Å². The second kappa shape index (κ2) is 11.2. The highest BCUT2D eigenvalue weighted by atomic mass is 33.1. The quantitative estimate of drug-likeness (QED) is 0.330. The molecule has 0 spiro atoms. The van der Waals surface area contributed by atoms with Gasteiger partial charge in [-0.2, -0.15) is 0 Å². The van der Waals surface area contributed by atoms with E-state index in [2.05, 4.69) is 20.0 Å². The first kappa shape index (κ1) is 20.6. The van der Waals surface area contributed by atoms with Crippen LogP contribution in [0.3, 0.4) is 0 Å². The number of nitrogens with zero attached hydrogens (tertiary/aromatic N) is 2. The molecule has 2 atom stereocenters. The largest absolute Gasteiger partial charge is 0.477 e. The number of aliphatic carboxylic acids is 2. The van der Waals surface area contributed by atoms with Crippen LogP contribution in [0, 0.1) is 0 Å². The predicted molar refractivity (Wildman–Crippen MR) is 87.5 cm³/mol. The van der Waals surface area contributed by atoms with Crippen molar-refractivity contribution in [3.8, 4) is 0 Å². The summed E-state index contributed by atoms with van der Waals surface area (Å²) in [4.78, 5) is 31.5. The lowest BCUT2D eigenvalue weighted by Crippen LogP contribution is -2.28. The molecule has 0 bridgehead atoms. The van der Waals surface area contributed by atoms with Crippen molar-refractivity contribution >= 4 is 44.9 Å². The topological polar surface area (TPSA) is 118 Å². The fraction of sp³-hybridized carbons (Fsp3) is 0.667. The minimum atomic E-state index is -1.17. The first-order valence-corrected chi connectivity index (χ1v) is 8.71. The molecule has 0 heterocycles. The molecule has 0 aliphatic rings. The summed E-state index contributed by atoms with van der Waals surface area (Å²) < 4.78 is 0. The standard InChI is InChI=1S/C12H20N2O6S2/c1-5-7(9(11(15)16)13-19-3)21-22-8(6-2)10(12(17)18)14-20-4/h7-8H,5-6H2,1-4H3,(H,15,16)(H,17,18). The number of hydrogen-bond donors (Lipinski definition) is 2. The zero-order valence-corrected chi connectivity index (χ0v) is 14.4. The number of carbonyl (C=O) groups is 2. The Kier molecular flexibility index (Phi) is 10.5. The molecule has 8 nitrogen and oxygen atoms in total. The molecule has 2 N–H and O–H groups in total. The van der Waals surface area contributed by atoms with E-state index in [4.69, 9.17) is 10.2 Å². The van der Waals surface area contributed by atoms with Crippen molar-refractivity contribution in [3.63, 3.8) is 0 Å². The van der Waals surface area contributed by atoms with Gasteiger partial charge in [0.15, 0.2) is 11.4 Å². The molecule has 0 amide bonds. The lowest BCUT2D eigenvalue weighted by atomic mass is 10.2. The molecule has 0 radical (unpaired) electrons. The molecular formula is C12H20N2O6S2. The van der Waals surface area contributed by atoms with Crippen molar-refractivity contribution in [1.29, 1.82) is 0 Å². The molecule has 10 heteroatoms. The van der Waals surface area contributed by atoms with Gasteiger partial charge in [-0.25, -0.2) is 9.59 Å². The molecule has 22 heavy (non-hydrogen) atoms. The molecular weight excluding hydrogens is 332 g/mol. The van der Waals surface area contributed by atoms with E-state index in [0.29, 0.717) is 12.8 Å². The summed E-state index contributed by atoms with van der Waals surface area (Å²) in [5.74, 6) is -2.34. The lowest BCUT2D eigenvalue weighted by molar-refractivity contribution is -0.130. The molecule has 0 fully saturated rings. The third kappa shape index (κ3) is 6.56. The molecule has 126 valence electrons. The predicted octanol–water partition coefficient (Wildman–Crippen LogP) is 2.10. The fourth-order valence-electron chi connectivity index (χ4n) is 1.42. The van der Waals surface area contributed by atoms with Crippen LogP contribution in [0.1, 0.15) is 26.7 Å². The first-order chi connectivity index (χ1) is 10.4. The van der Waals surface area contributed by atoms with Crippen molar-refractivity contribution < 1.29 is 29.5 Å². The van der Waals surface area contributed by atoms with Gasteiger partial charge in [-0.15, -0.1) is 0 Å². The maximum absolute atomic E-state index is 11.2. The summed E-state index contributed by atoms with van der Waals surface area (Å²) in [6.07, 6.45) is 1.01. The summed E-state index contributed by atoms with van der Waals surface area (Å²) >= 11 is 0. The fourth-order valence-corrected chi connectivity index (χ4v) is 4.59. The number of hydrogen-bond acceptors (Lipinski definition) is 8. The highest BCUT2D eigenvalue weighted by molar-refractivity contribution is 8.77. The van der Waals surface area contributed by atoms with E-state index in [-0.39, 0.29) is 11.4 Å². The van der Waals surface area contributed by atoms with E-state index in [1.54, 1.807) is 0 Å². The SMILES string of the molecule is CCC(SSC(CC)C(=NOC)C(=O)O)C(=NOC)C(=O)O.